The number of nitrogens with zero attached hydrogens (tertiary/aromatic N) is 3. The number of carbonyl (C=O) groups is 1. The molecule has 0 radical (unpaired) electrons. The van der Waals surface area contributed by atoms with Gasteiger partial charge in [-0.1, -0.05) is 78.9 Å². The lowest BCUT2D eigenvalue weighted by atomic mass is 10.0. The van der Waals surface area contributed by atoms with E-state index in [1.165, 1.54) is 11.3 Å². The van der Waals surface area contributed by atoms with Crippen molar-refractivity contribution in [2.24, 2.45) is 0 Å². The molecule has 0 bridgehead atoms. The molecule has 0 aliphatic carbocycles. The summed E-state index contributed by atoms with van der Waals surface area (Å²) in [5, 5.41) is 3.13. The van der Waals surface area contributed by atoms with Gasteiger partial charge < -0.3 is 0 Å². The second-order valence-corrected chi connectivity index (χ2v) is 8.70. The Kier molecular flexibility index (Phi) is 5.48. The number of rotatable bonds is 5. The van der Waals surface area contributed by atoms with E-state index in [9.17, 15) is 4.79 Å². The summed E-state index contributed by atoms with van der Waals surface area (Å²) in [7, 11) is 0. The molecule has 0 atom stereocenters. The number of carbonyl (C=O) groups excluding carboxylic acids is 1. The third-order valence-electron chi connectivity index (χ3n) is 5.35. The smallest absolute Gasteiger partial charge is 0.279 e. The lowest BCUT2D eigenvalue weighted by molar-refractivity contribution is 0.0981. The van der Waals surface area contributed by atoms with Crippen molar-refractivity contribution >= 4 is 33.8 Å². The molecule has 2 heterocycles. The predicted octanol–water partition coefficient (Wildman–Crippen LogP) is 6.51. The highest BCUT2D eigenvalue weighted by Gasteiger charge is 2.26. The van der Waals surface area contributed by atoms with Crippen LogP contribution in [-0.4, -0.2) is 15.9 Å². The van der Waals surface area contributed by atoms with Crippen molar-refractivity contribution in [3.63, 3.8) is 0 Å². The lowest BCUT2D eigenvalue weighted by Gasteiger charge is -2.22. The van der Waals surface area contributed by atoms with Gasteiger partial charge in [0, 0.05) is 6.20 Å². The Balaban J connectivity index is 1.61. The van der Waals surface area contributed by atoms with Crippen LogP contribution in [0.15, 0.2) is 97.2 Å². The summed E-state index contributed by atoms with van der Waals surface area (Å²) in [5.74, 6) is 0.454. The van der Waals surface area contributed by atoms with Crippen LogP contribution in [0.5, 0.6) is 0 Å². The van der Waals surface area contributed by atoms with Gasteiger partial charge in [0.15, 0.2) is 0 Å². The molecule has 2 aromatic heterocycles. The summed E-state index contributed by atoms with van der Waals surface area (Å²) in [6.07, 6.45) is 1.71. The maximum Gasteiger partial charge on any atom is 0.279 e. The number of aryl methyl sites for hydroxylation is 1. The number of aromatic nitrogens is 2. The number of amides is 1. The maximum absolute atomic E-state index is 13.9. The van der Waals surface area contributed by atoms with Gasteiger partial charge in [0.1, 0.15) is 11.5 Å². The van der Waals surface area contributed by atoms with E-state index in [-0.39, 0.29) is 5.91 Å². The summed E-state index contributed by atoms with van der Waals surface area (Å²) >= 11 is 1.54. The van der Waals surface area contributed by atoms with Crippen molar-refractivity contribution in [1.29, 1.82) is 0 Å². The van der Waals surface area contributed by atoms with Crippen molar-refractivity contribution in [1.82, 2.24) is 9.97 Å². The average molecular weight is 436 g/mol. The van der Waals surface area contributed by atoms with Crippen LogP contribution in [0.2, 0.25) is 0 Å². The number of hydrogen-bond donors (Lipinski definition) is 0. The summed E-state index contributed by atoms with van der Waals surface area (Å²) in [4.78, 5) is 25.7. The van der Waals surface area contributed by atoms with Crippen molar-refractivity contribution in [3.8, 4) is 10.4 Å². The highest BCUT2D eigenvalue weighted by atomic mass is 32.1. The zero-order chi connectivity index (χ0) is 21.9. The fourth-order valence-corrected chi connectivity index (χ4v) is 4.77. The van der Waals surface area contributed by atoms with Crippen LogP contribution in [0.1, 0.15) is 21.1 Å². The Bertz CT molecular complexity index is 1370. The monoisotopic (exact) mass is 435 g/mol. The molecule has 0 aliphatic rings. The van der Waals surface area contributed by atoms with Crippen LogP contribution < -0.4 is 4.90 Å². The molecule has 0 fully saturated rings. The summed E-state index contributed by atoms with van der Waals surface area (Å²) in [6.45, 7) is 2.34. The number of benzene rings is 3. The van der Waals surface area contributed by atoms with Gasteiger partial charge in [0.2, 0.25) is 0 Å². The molecule has 3 aromatic carbocycles. The number of pyridine rings is 1. The fourth-order valence-electron chi connectivity index (χ4n) is 3.86. The van der Waals surface area contributed by atoms with E-state index in [1.807, 2.05) is 73.7 Å². The predicted molar refractivity (Wildman–Crippen MR) is 131 cm³/mol. The zero-order valence-corrected chi connectivity index (χ0v) is 18.4. The highest BCUT2D eigenvalue weighted by molar-refractivity contribution is 7.15. The minimum Gasteiger partial charge on any atom is -0.287 e. The molecule has 156 valence electrons. The molecule has 0 spiro atoms. The van der Waals surface area contributed by atoms with Crippen LogP contribution in [-0.2, 0) is 6.54 Å². The summed E-state index contributed by atoms with van der Waals surface area (Å²) in [6, 6.07) is 30.0. The first-order valence-corrected chi connectivity index (χ1v) is 11.2. The highest BCUT2D eigenvalue weighted by Crippen LogP contribution is 2.32. The first-order valence-electron chi connectivity index (χ1n) is 10.4. The van der Waals surface area contributed by atoms with E-state index in [4.69, 9.17) is 0 Å². The summed E-state index contributed by atoms with van der Waals surface area (Å²) in [5.41, 5.74) is 2.52. The third kappa shape index (κ3) is 3.90. The van der Waals surface area contributed by atoms with Crippen LogP contribution in [0.3, 0.4) is 0 Å². The lowest BCUT2D eigenvalue weighted by Crippen LogP contribution is -2.32. The van der Waals surface area contributed by atoms with E-state index in [0.29, 0.717) is 18.1 Å². The third-order valence-corrected chi connectivity index (χ3v) is 6.37. The average Bonchev–Trinajstić information content (AvgIpc) is 3.25. The molecule has 5 aromatic rings. The first-order chi connectivity index (χ1) is 15.7. The van der Waals surface area contributed by atoms with Gasteiger partial charge in [-0.25, -0.2) is 9.97 Å². The van der Waals surface area contributed by atoms with Gasteiger partial charge >= 0.3 is 0 Å². The molecule has 0 saturated heterocycles. The van der Waals surface area contributed by atoms with Gasteiger partial charge in [-0.05, 0) is 41.0 Å². The molecular weight excluding hydrogens is 414 g/mol. The van der Waals surface area contributed by atoms with Crippen molar-refractivity contribution in [2.75, 3.05) is 4.90 Å². The second-order valence-electron chi connectivity index (χ2n) is 7.49. The Hall–Kier alpha value is -3.83. The van der Waals surface area contributed by atoms with Crippen LogP contribution >= 0.6 is 11.3 Å². The first kappa shape index (κ1) is 20.1. The fraction of sp³-hybridized carbons (Fsp3) is 0.0741. The molecule has 0 aliphatic heterocycles. The molecule has 5 heteroatoms. The Labute approximate surface area is 190 Å². The standard InChI is InChI=1S/C27H21N3OS/c1-19-29-25(26(32-19)21-11-3-2-4-12-21)27(31)30(24-16-7-8-17-28-24)18-22-14-9-13-20-10-5-6-15-23(20)22/h2-17H,18H2,1H3. The van der Waals surface area contributed by atoms with Gasteiger partial charge in [-0.3, -0.25) is 9.69 Å². The van der Waals surface area contributed by atoms with Crippen molar-refractivity contribution < 1.29 is 4.79 Å². The van der Waals surface area contributed by atoms with Crippen molar-refractivity contribution in [3.05, 3.63) is 113 Å². The molecule has 0 saturated carbocycles. The van der Waals surface area contributed by atoms with Gasteiger partial charge in [-0.15, -0.1) is 11.3 Å². The molecule has 0 N–H and O–H groups in total. The van der Waals surface area contributed by atoms with E-state index in [0.717, 1.165) is 31.8 Å². The van der Waals surface area contributed by atoms with Gasteiger partial charge in [0.25, 0.3) is 5.91 Å². The quantitative estimate of drug-likeness (QED) is 0.316. The SMILES string of the molecule is Cc1nc(C(=O)N(Cc2cccc3ccccc23)c2ccccn2)c(-c2ccccc2)s1. The molecule has 5 rings (SSSR count). The molecular formula is C27H21N3OS. The molecule has 32 heavy (non-hydrogen) atoms. The normalized spacial score (nSPS) is 10.9. The Morgan fingerprint density at radius 3 is 2.44 bits per heavy atom. The number of fused-ring (bicyclic) bond motifs is 1. The van der Waals surface area contributed by atoms with Crippen LogP contribution in [0.25, 0.3) is 21.2 Å². The molecule has 0 unspecified atom stereocenters. The van der Waals surface area contributed by atoms with Gasteiger partial charge in [0.05, 0.1) is 16.4 Å². The Morgan fingerprint density at radius 1 is 0.875 bits per heavy atom. The van der Waals surface area contributed by atoms with Gasteiger partial charge in [-0.2, -0.15) is 0 Å². The van der Waals surface area contributed by atoms with Crippen molar-refractivity contribution in [2.45, 2.75) is 13.5 Å². The molecule has 1 amide bonds. The molecule has 4 nitrogen and oxygen atoms in total. The van der Waals surface area contributed by atoms with E-state index in [1.54, 1.807) is 11.1 Å². The van der Waals surface area contributed by atoms with E-state index >= 15 is 0 Å². The van der Waals surface area contributed by atoms with E-state index in [2.05, 4.69) is 34.2 Å². The van der Waals surface area contributed by atoms with Crippen LogP contribution in [0.4, 0.5) is 5.82 Å². The maximum atomic E-state index is 13.9. The largest absolute Gasteiger partial charge is 0.287 e. The minimum absolute atomic E-state index is 0.153. The number of anilines is 1. The number of thiazole rings is 1. The minimum atomic E-state index is -0.153. The van der Waals surface area contributed by atoms with E-state index < -0.39 is 0 Å². The summed E-state index contributed by atoms with van der Waals surface area (Å²) < 4.78 is 0. The Morgan fingerprint density at radius 2 is 1.62 bits per heavy atom. The topological polar surface area (TPSA) is 46.1 Å². The zero-order valence-electron chi connectivity index (χ0n) is 17.6. The number of hydrogen-bond acceptors (Lipinski definition) is 4. The van der Waals surface area contributed by atoms with Crippen LogP contribution in [0, 0.1) is 6.92 Å². The second kappa shape index (κ2) is 8.73.